The fourth-order valence-electron chi connectivity index (χ4n) is 3.22. The molecule has 5 nitrogen and oxygen atoms in total. The molecule has 1 heterocycles. The van der Waals surface area contributed by atoms with Gasteiger partial charge < -0.3 is 10.2 Å². The summed E-state index contributed by atoms with van der Waals surface area (Å²) in [6, 6.07) is 13.4. The Balaban J connectivity index is 1.77. The van der Waals surface area contributed by atoms with Gasteiger partial charge in [-0.15, -0.1) is 0 Å². The van der Waals surface area contributed by atoms with E-state index in [0.717, 1.165) is 12.1 Å². The van der Waals surface area contributed by atoms with Crippen LogP contribution in [-0.4, -0.2) is 48.3 Å². The van der Waals surface area contributed by atoms with Gasteiger partial charge in [0, 0.05) is 37.8 Å². The molecule has 1 atom stereocenters. The highest BCUT2D eigenvalue weighted by molar-refractivity contribution is 5.96. The Morgan fingerprint density at radius 1 is 1.12 bits per heavy atom. The second-order valence-electron chi connectivity index (χ2n) is 6.56. The number of anilines is 1. The van der Waals surface area contributed by atoms with Gasteiger partial charge in [-0.3, -0.25) is 14.5 Å². The monoisotopic (exact) mass is 355 g/mol. The fraction of sp³-hybridized carbons (Fsp3) is 0.300. The van der Waals surface area contributed by atoms with Crippen LogP contribution < -0.4 is 5.32 Å². The molecular formula is C20H22FN3O2. The van der Waals surface area contributed by atoms with Crippen LogP contribution in [0, 0.1) is 5.82 Å². The molecule has 0 radical (unpaired) electrons. The molecule has 1 N–H and O–H groups in total. The van der Waals surface area contributed by atoms with Gasteiger partial charge in [-0.2, -0.15) is 0 Å². The van der Waals surface area contributed by atoms with E-state index in [4.69, 9.17) is 0 Å². The summed E-state index contributed by atoms with van der Waals surface area (Å²) in [4.78, 5) is 28.1. The number of rotatable bonds is 3. The third-order valence-corrected chi connectivity index (χ3v) is 4.62. The van der Waals surface area contributed by atoms with Crippen molar-refractivity contribution < 1.29 is 14.0 Å². The van der Waals surface area contributed by atoms with Gasteiger partial charge in [0.25, 0.3) is 5.91 Å². The zero-order chi connectivity index (χ0) is 18.7. The lowest BCUT2D eigenvalue weighted by atomic mass is 10.0. The van der Waals surface area contributed by atoms with Crippen LogP contribution >= 0.6 is 0 Å². The van der Waals surface area contributed by atoms with Gasteiger partial charge in [0.15, 0.2) is 0 Å². The Labute approximate surface area is 152 Å². The average molecular weight is 355 g/mol. The van der Waals surface area contributed by atoms with Crippen molar-refractivity contribution in [3.8, 4) is 0 Å². The Kier molecular flexibility index (Phi) is 5.32. The van der Waals surface area contributed by atoms with Gasteiger partial charge >= 0.3 is 0 Å². The Morgan fingerprint density at radius 3 is 2.54 bits per heavy atom. The first-order valence-electron chi connectivity index (χ1n) is 8.56. The van der Waals surface area contributed by atoms with E-state index in [1.165, 1.54) is 19.1 Å². The van der Waals surface area contributed by atoms with Crippen molar-refractivity contribution >= 4 is 17.5 Å². The van der Waals surface area contributed by atoms with Crippen LogP contribution in [0.1, 0.15) is 28.9 Å². The van der Waals surface area contributed by atoms with Crippen LogP contribution in [0.2, 0.25) is 0 Å². The maximum atomic E-state index is 13.2. The van der Waals surface area contributed by atoms with Crippen LogP contribution in [-0.2, 0) is 4.79 Å². The molecule has 1 saturated heterocycles. The molecule has 1 aliphatic rings. The highest BCUT2D eigenvalue weighted by Crippen LogP contribution is 2.25. The van der Waals surface area contributed by atoms with Crippen molar-refractivity contribution in [3.63, 3.8) is 0 Å². The molecule has 2 amide bonds. The highest BCUT2D eigenvalue weighted by Gasteiger charge is 2.29. The largest absolute Gasteiger partial charge is 0.335 e. The number of halogens is 1. The first kappa shape index (κ1) is 18.1. The Morgan fingerprint density at radius 2 is 1.85 bits per heavy atom. The molecular weight excluding hydrogens is 333 g/mol. The number of nitrogens with zero attached hydrogens (tertiary/aromatic N) is 2. The van der Waals surface area contributed by atoms with E-state index >= 15 is 0 Å². The minimum Gasteiger partial charge on any atom is -0.335 e. The van der Waals surface area contributed by atoms with E-state index in [2.05, 4.69) is 10.2 Å². The summed E-state index contributed by atoms with van der Waals surface area (Å²) in [7, 11) is 2.01. The summed E-state index contributed by atoms with van der Waals surface area (Å²) < 4.78 is 13.2. The number of nitrogens with one attached hydrogen (secondary N) is 1. The molecule has 0 saturated carbocycles. The van der Waals surface area contributed by atoms with Gasteiger partial charge in [-0.25, -0.2) is 4.39 Å². The van der Waals surface area contributed by atoms with Crippen molar-refractivity contribution in [2.45, 2.75) is 13.0 Å². The van der Waals surface area contributed by atoms with Gasteiger partial charge in [-0.1, -0.05) is 18.2 Å². The molecule has 6 heteroatoms. The predicted molar refractivity (Wildman–Crippen MR) is 98.4 cm³/mol. The molecule has 1 aliphatic heterocycles. The summed E-state index contributed by atoms with van der Waals surface area (Å²) in [5.41, 5.74) is 2.13. The SMILES string of the molecule is CC(=O)Nc1cccc(C(=O)N2CCN(C)C(c3ccc(F)cc3)C2)c1. The first-order chi connectivity index (χ1) is 12.4. The van der Waals surface area contributed by atoms with Gasteiger partial charge in [0.05, 0.1) is 6.04 Å². The smallest absolute Gasteiger partial charge is 0.254 e. The van der Waals surface area contributed by atoms with Gasteiger partial charge in [0.1, 0.15) is 5.82 Å². The molecule has 0 spiro atoms. The number of likely N-dealkylation sites (N-methyl/N-ethyl adjacent to an activating group) is 1. The topological polar surface area (TPSA) is 52.7 Å². The maximum Gasteiger partial charge on any atom is 0.254 e. The second-order valence-corrected chi connectivity index (χ2v) is 6.56. The number of carbonyl (C=O) groups is 2. The van der Waals surface area contributed by atoms with E-state index in [-0.39, 0.29) is 23.7 Å². The number of piperazine rings is 1. The number of benzene rings is 2. The van der Waals surface area contributed by atoms with Crippen molar-refractivity contribution in [2.24, 2.45) is 0 Å². The third-order valence-electron chi connectivity index (χ3n) is 4.62. The molecule has 0 aliphatic carbocycles. The van der Waals surface area contributed by atoms with Crippen molar-refractivity contribution in [2.75, 3.05) is 32.0 Å². The van der Waals surface area contributed by atoms with E-state index in [0.29, 0.717) is 24.3 Å². The maximum absolute atomic E-state index is 13.2. The second kappa shape index (κ2) is 7.66. The van der Waals surface area contributed by atoms with Crippen LogP contribution in [0.5, 0.6) is 0 Å². The molecule has 1 fully saturated rings. The normalized spacial score (nSPS) is 17.8. The minimum absolute atomic E-state index is 0.0202. The standard InChI is InChI=1S/C20H22FN3O2/c1-14(25)22-18-5-3-4-16(12-18)20(26)24-11-10-23(2)19(13-24)15-6-8-17(21)9-7-15/h3-9,12,19H,10-11,13H2,1-2H3,(H,22,25). The fourth-order valence-corrected chi connectivity index (χ4v) is 3.22. The Bertz CT molecular complexity index is 807. The predicted octanol–water partition coefficient (Wildman–Crippen LogP) is 2.91. The van der Waals surface area contributed by atoms with E-state index < -0.39 is 0 Å². The summed E-state index contributed by atoms with van der Waals surface area (Å²) >= 11 is 0. The van der Waals surface area contributed by atoms with E-state index in [1.54, 1.807) is 41.3 Å². The quantitative estimate of drug-likeness (QED) is 0.921. The number of hydrogen-bond acceptors (Lipinski definition) is 3. The minimum atomic E-state index is -0.269. The molecule has 3 rings (SSSR count). The van der Waals surface area contributed by atoms with Crippen molar-refractivity contribution in [1.82, 2.24) is 9.80 Å². The lowest BCUT2D eigenvalue weighted by molar-refractivity contribution is -0.114. The van der Waals surface area contributed by atoms with Crippen molar-refractivity contribution in [1.29, 1.82) is 0 Å². The zero-order valence-electron chi connectivity index (χ0n) is 14.9. The molecule has 1 unspecified atom stereocenters. The molecule has 0 aromatic heterocycles. The van der Waals surface area contributed by atoms with Crippen LogP contribution in [0.25, 0.3) is 0 Å². The van der Waals surface area contributed by atoms with E-state index in [1.807, 2.05) is 7.05 Å². The number of amides is 2. The van der Waals surface area contributed by atoms with Crippen LogP contribution in [0.15, 0.2) is 48.5 Å². The van der Waals surface area contributed by atoms with E-state index in [9.17, 15) is 14.0 Å². The summed E-state index contributed by atoms with van der Waals surface area (Å²) in [5, 5.41) is 2.70. The highest BCUT2D eigenvalue weighted by atomic mass is 19.1. The van der Waals surface area contributed by atoms with Crippen LogP contribution in [0.4, 0.5) is 10.1 Å². The molecule has 2 aromatic rings. The lowest BCUT2D eigenvalue weighted by Crippen LogP contribution is -2.49. The first-order valence-corrected chi connectivity index (χ1v) is 8.56. The zero-order valence-corrected chi connectivity index (χ0v) is 14.9. The third kappa shape index (κ3) is 4.08. The van der Waals surface area contributed by atoms with Gasteiger partial charge in [0.2, 0.25) is 5.91 Å². The number of carbonyl (C=O) groups excluding carboxylic acids is 2. The van der Waals surface area contributed by atoms with Crippen molar-refractivity contribution in [3.05, 3.63) is 65.5 Å². The summed E-state index contributed by atoms with van der Waals surface area (Å²) in [6.45, 7) is 3.32. The summed E-state index contributed by atoms with van der Waals surface area (Å²) in [6.07, 6.45) is 0. The molecule has 0 bridgehead atoms. The average Bonchev–Trinajstić information content (AvgIpc) is 2.62. The number of hydrogen-bond donors (Lipinski definition) is 1. The van der Waals surface area contributed by atoms with Crippen LogP contribution in [0.3, 0.4) is 0 Å². The molecule has 26 heavy (non-hydrogen) atoms. The lowest BCUT2D eigenvalue weighted by Gasteiger charge is -2.39. The summed E-state index contributed by atoms with van der Waals surface area (Å²) in [5.74, 6) is -0.516. The molecule has 2 aromatic carbocycles. The van der Waals surface area contributed by atoms with Gasteiger partial charge in [-0.05, 0) is 42.9 Å². The Hall–Kier alpha value is -2.73. The molecule has 136 valence electrons.